The number of rotatable bonds is 7. The van der Waals surface area contributed by atoms with E-state index in [0.29, 0.717) is 17.9 Å². The first-order valence-corrected chi connectivity index (χ1v) is 12.9. The Morgan fingerprint density at radius 1 is 1.17 bits per heavy atom. The molecule has 0 bridgehead atoms. The lowest BCUT2D eigenvalue weighted by atomic mass is 9.86. The van der Waals surface area contributed by atoms with Crippen LogP contribution in [0, 0.1) is 5.41 Å². The van der Waals surface area contributed by atoms with Crippen LogP contribution in [0.3, 0.4) is 0 Å². The van der Waals surface area contributed by atoms with E-state index < -0.39 is 0 Å². The van der Waals surface area contributed by atoms with Gasteiger partial charge >= 0.3 is 0 Å². The summed E-state index contributed by atoms with van der Waals surface area (Å²) in [5, 5.41) is 6.78. The molecule has 1 aromatic carbocycles. The molecule has 4 heterocycles. The summed E-state index contributed by atoms with van der Waals surface area (Å²) in [6.07, 6.45) is 6.84. The van der Waals surface area contributed by atoms with Crippen molar-refractivity contribution in [1.82, 2.24) is 20.1 Å². The smallest absolute Gasteiger partial charge is 0.213 e. The summed E-state index contributed by atoms with van der Waals surface area (Å²) >= 11 is 0. The van der Waals surface area contributed by atoms with E-state index in [4.69, 9.17) is 9.47 Å². The molecule has 192 valence electrons. The van der Waals surface area contributed by atoms with E-state index in [1.165, 1.54) is 37.2 Å². The molecule has 0 aliphatic carbocycles. The summed E-state index contributed by atoms with van der Waals surface area (Å²) < 4.78 is 11.2. The van der Waals surface area contributed by atoms with Gasteiger partial charge in [-0.3, -0.25) is 0 Å². The number of nitrogens with one attached hydrogen (secondary N) is 2. The third-order valence-corrected chi connectivity index (χ3v) is 7.27. The van der Waals surface area contributed by atoms with Crippen molar-refractivity contribution in [2.75, 3.05) is 65.9 Å². The molecule has 2 unspecified atom stereocenters. The zero-order chi connectivity index (χ0) is 24.8. The standard InChI is InChI=1S/C26H35N5O2.C2H6.H2/c1-27-10-13-33-25-7-4-19(16-28-25)22-15-24(21-6-5-20(32-3)14-23(21)29-22)31-12-9-26(18-31)8-11-30(2)17-26;1-2;/h4-7,14-16,22,27,29H,8-13,17-18H2,1-3H3;1-2H3;1H. The average Bonchev–Trinajstić information content (AvgIpc) is 3.49. The van der Waals surface area contributed by atoms with Gasteiger partial charge in [0.25, 0.3) is 0 Å². The van der Waals surface area contributed by atoms with E-state index in [0.717, 1.165) is 36.6 Å². The van der Waals surface area contributed by atoms with Gasteiger partial charge in [-0.2, -0.15) is 0 Å². The molecule has 2 saturated heterocycles. The molecule has 0 amide bonds. The third kappa shape index (κ3) is 5.57. The number of hydrogen-bond acceptors (Lipinski definition) is 7. The Bertz CT molecular complexity index is 1020. The Morgan fingerprint density at radius 3 is 2.69 bits per heavy atom. The van der Waals surface area contributed by atoms with Crippen molar-refractivity contribution >= 4 is 11.4 Å². The number of likely N-dealkylation sites (N-methyl/N-ethyl adjacent to an activating group) is 1. The Kier molecular flexibility index (Phi) is 8.19. The van der Waals surface area contributed by atoms with E-state index in [1.807, 2.05) is 33.2 Å². The van der Waals surface area contributed by atoms with Gasteiger partial charge in [-0.05, 0) is 63.3 Å². The second-order valence-corrected chi connectivity index (χ2v) is 9.63. The number of hydrogen-bond donors (Lipinski definition) is 2. The highest BCUT2D eigenvalue weighted by molar-refractivity contribution is 5.80. The minimum absolute atomic E-state index is 0. The predicted octanol–water partition coefficient (Wildman–Crippen LogP) is 4.50. The molecular formula is C28H43N5O2. The number of pyridine rings is 1. The Morgan fingerprint density at radius 2 is 2.00 bits per heavy atom. The number of fused-ring (bicyclic) bond motifs is 1. The molecule has 5 rings (SSSR count). The molecule has 2 fully saturated rings. The molecule has 3 aliphatic rings. The first-order chi connectivity index (χ1) is 17.1. The Hall–Kier alpha value is -2.77. The second kappa shape index (κ2) is 11.3. The van der Waals surface area contributed by atoms with Crippen molar-refractivity contribution in [2.45, 2.75) is 32.7 Å². The van der Waals surface area contributed by atoms with Crippen LogP contribution < -0.4 is 20.1 Å². The summed E-state index contributed by atoms with van der Waals surface area (Å²) in [7, 11) is 5.88. The molecule has 1 spiro atoms. The molecule has 7 heteroatoms. The quantitative estimate of drug-likeness (QED) is 0.565. The molecule has 2 N–H and O–H groups in total. The van der Waals surface area contributed by atoms with Crippen LogP contribution in [0.2, 0.25) is 0 Å². The van der Waals surface area contributed by atoms with Crippen LogP contribution in [-0.4, -0.2) is 75.3 Å². The first-order valence-electron chi connectivity index (χ1n) is 12.9. The lowest BCUT2D eigenvalue weighted by Crippen LogP contribution is -2.30. The van der Waals surface area contributed by atoms with Crippen molar-refractivity contribution in [3.05, 3.63) is 53.7 Å². The maximum atomic E-state index is 5.70. The van der Waals surface area contributed by atoms with E-state index in [1.54, 1.807) is 7.11 Å². The number of likely N-dealkylation sites (tertiary alicyclic amines) is 2. The van der Waals surface area contributed by atoms with E-state index in [-0.39, 0.29) is 7.47 Å². The molecule has 35 heavy (non-hydrogen) atoms. The van der Waals surface area contributed by atoms with Crippen molar-refractivity contribution in [3.63, 3.8) is 0 Å². The van der Waals surface area contributed by atoms with Crippen LogP contribution in [0.15, 0.2) is 42.6 Å². The molecule has 2 aromatic rings. The topological polar surface area (TPSA) is 61.9 Å². The first kappa shape index (κ1) is 25.3. The van der Waals surface area contributed by atoms with Crippen LogP contribution >= 0.6 is 0 Å². The zero-order valence-electron chi connectivity index (χ0n) is 21.9. The molecule has 1 aromatic heterocycles. The highest BCUT2D eigenvalue weighted by atomic mass is 16.5. The number of ether oxygens (including phenoxy) is 2. The lowest BCUT2D eigenvalue weighted by molar-refractivity contribution is 0.289. The van der Waals surface area contributed by atoms with E-state index in [2.05, 4.69) is 62.8 Å². The minimum Gasteiger partial charge on any atom is -0.497 e. The van der Waals surface area contributed by atoms with Gasteiger partial charge in [-0.25, -0.2) is 4.98 Å². The Balaban J connectivity index is 0.00000117. The summed E-state index contributed by atoms with van der Waals surface area (Å²) in [5.74, 6) is 1.52. The number of anilines is 1. The van der Waals surface area contributed by atoms with Gasteiger partial charge in [-0.1, -0.05) is 13.8 Å². The predicted molar refractivity (Wildman–Crippen MR) is 145 cm³/mol. The molecule has 2 atom stereocenters. The lowest BCUT2D eigenvalue weighted by Gasteiger charge is -2.33. The number of nitrogens with zero attached hydrogens (tertiary/aromatic N) is 3. The van der Waals surface area contributed by atoms with Gasteiger partial charge in [0, 0.05) is 68.3 Å². The number of methoxy groups -OCH3 is 1. The summed E-state index contributed by atoms with van der Waals surface area (Å²) in [4.78, 5) is 9.62. The normalized spacial score (nSPS) is 23.3. The van der Waals surface area contributed by atoms with Gasteiger partial charge in [0.2, 0.25) is 5.88 Å². The van der Waals surface area contributed by atoms with Gasteiger partial charge < -0.3 is 29.9 Å². The number of aromatic nitrogens is 1. The molecule has 0 radical (unpaired) electrons. The van der Waals surface area contributed by atoms with Crippen LogP contribution in [0.25, 0.3) is 5.70 Å². The van der Waals surface area contributed by atoms with Crippen LogP contribution in [0.4, 0.5) is 5.69 Å². The zero-order valence-corrected chi connectivity index (χ0v) is 21.9. The average molecular weight is 482 g/mol. The van der Waals surface area contributed by atoms with E-state index >= 15 is 0 Å². The van der Waals surface area contributed by atoms with Crippen molar-refractivity contribution in [1.29, 1.82) is 0 Å². The molecule has 3 aliphatic heterocycles. The van der Waals surface area contributed by atoms with Crippen LogP contribution in [0.5, 0.6) is 11.6 Å². The van der Waals surface area contributed by atoms with Crippen LogP contribution in [-0.2, 0) is 0 Å². The highest BCUT2D eigenvalue weighted by Gasteiger charge is 2.43. The van der Waals surface area contributed by atoms with Crippen molar-refractivity contribution < 1.29 is 10.9 Å². The summed E-state index contributed by atoms with van der Waals surface area (Å²) in [6, 6.07) is 10.5. The number of benzene rings is 1. The highest BCUT2D eigenvalue weighted by Crippen LogP contribution is 2.45. The van der Waals surface area contributed by atoms with Gasteiger partial charge in [0.05, 0.1) is 13.2 Å². The third-order valence-electron chi connectivity index (χ3n) is 7.27. The monoisotopic (exact) mass is 481 g/mol. The largest absolute Gasteiger partial charge is 0.497 e. The molecule has 7 nitrogen and oxygen atoms in total. The Labute approximate surface area is 212 Å². The summed E-state index contributed by atoms with van der Waals surface area (Å²) in [5.41, 5.74) is 5.22. The molecule has 0 saturated carbocycles. The fourth-order valence-corrected chi connectivity index (χ4v) is 5.46. The minimum atomic E-state index is 0. The summed E-state index contributed by atoms with van der Waals surface area (Å²) in [6.45, 7) is 10.0. The van der Waals surface area contributed by atoms with Gasteiger partial charge in [0.1, 0.15) is 12.4 Å². The van der Waals surface area contributed by atoms with E-state index in [9.17, 15) is 0 Å². The van der Waals surface area contributed by atoms with Gasteiger partial charge in [0.15, 0.2) is 0 Å². The SMILES string of the molecule is CC.CNCCOc1ccc(C2C=C(N3CCC4(CCN(C)C4)C3)c3ccc(OC)cc3N2)cn1.[HH]. The maximum absolute atomic E-state index is 5.70. The van der Waals surface area contributed by atoms with Crippen molar-refractivity contribution in [3.8, 4) is 11.6 Å². The van der Waals surface area contributed by atoms with Crippen LogP contribution in [0.1, 0.15) is 45.3 Å². The second-order valence-electron chi connectivity index (χ2n) is 9.63. The fraction of sp³-hybridized carbons (Fsp3) is 0.536. The fourth-order valence-electron chi connectivity index (χ4n) is 5.46. The van der Waals surface area contributed by atoms with Gasteiger partial charge in [-0.15, -0.1) is 0 Å². The van der Waals surface area contributed by atoms with Crippen molar-refractivity contribution in [2.24, 2.45) is 5.41 Å². The maximum Gasteiger partial charge on any atom is 0.213 e. The molecular weight excluding hydrogens is 438 g/mol.